The van der Waals surface area contributed by atoms with Gasteiger partial charge < -0.3 is 19.9 Å². The normalized spacial score (nSPS) is 10.9. The van der Waals surface area contributed by atoms with Crippen LogP contribution in [0.15, 0.2) is 34.3 Å². The SMILES string of the molecule is COc1cc(Cl)c(C)cc1NC(=O)/C(C#N)=C/c1cc(Br)c(O)c(OC)c1. The molecule has 6 nitrogen and oxygen atoms in total. The van der Waals surface area contributed by atoms with Gasteiger partial charge in [-0.25, -0.2) is 0 Å². The Labute approximate surface area is 170 Å². The molecule has 0 aliphatic heterocycles. The number of hydrogen-bond donors (Lipinski definition) is 2. The van der Waals surface area contributed by atoms with E-state index < -0.39 is 5.91 Å². The third kappa shape index (κ3) is 4.73. The minimum atomic E-state index is -0.610. The van der Waals surface area contributed by atoms with Crippen LogP contribution in [-0.2, 0) is 4.79 Å². The summed E-state index contributed by atoms with van der Waals surface area (Å²) in [7, 11) is 2.86. The van der Waals surface area contributed by atoms with Crippen molar-refractivity contribution in [2.45, 2.75) is 6.92 Å². The van der Waals surface area contributed by atoms with Crippen LogP contribution in [0.3, 0.4) is 0 Å². The molecule has 0 bridgehead atoms. The van der Waals surface area contributed by atoms with Gasteiger partial charge in [0.1, 0.15) is 17.4 Å². The highest BCUT2D eigenvalue weighted by atomic mass is 79.9. The molecular formula is C19H16BrClN2O4. The molecule has 2 rings (SSSR count). The van der Waals surface area contributed by atoms with Crippen LogP contribution in [0.4, 0.5) is 5.69 Å². The molecule has 2 aromatic carbocycles. The van der Waals surface area contributed by atoms with Crippen molar-refractivity contribution in [3.8, 4) is 23.3 Å². The number of carbonyl (C=O) groups is 1. The van der Waals surface area contributed by atoms with Gasteiger partial charge in [-0.05, 0) is 58.3 Å². The lowest BCUT2D eigenvalue weighted by molar-refractivity contribution is -0.112. The molecule has 0 spiro atoms. The summed E-state index contributed by atoms with van der Waals surface area (Å²) >= 11 is 9.26. The molecule has 27 heavy (non-hydrogen) atoms. The number of nitrogens with zero attached hydrogens (tertiary/aromatic N) is 1. The van der Waals surface area contributed by atoms with Crippen LogP contribution in [0, 0.1) is 18.3 Å². The van der Waals surface area contributed by atoms with E-state index in [9.17, 15) is 15.2 Å². The van der Waals surface area contributed by atoms with Gasteiger partial charge in [0.15, 0.2) is 11.5 Å². The molecule has 0 atom stereocenters. The monoisotopic (exact) mass is 450 g/mol. The lowest BCUT2D eigenvalue weighted by Crippen LogP contribution is -2.14. The number of aryl methyl sites for hydroxylation is 1. The number of methoxy groups -OCH3 is 2. The van der Waals surface area contributed by atoms with Gasteiger partial charge in [-0.1, -0.05) is 11.6 Å². The van der Waals surface area contributed by atoms with E-state index in [1.807, 2.05) is 6.07 Å². The Morgan fingerprint density at radius 2 is 1.93 bits per heavy atom. The van der Waals surface area contributed by atoms with E-state index >= 15 is 0 Å². The van der Waals surface area contributed by atoms with E-state index in [0.29, 0.717) is 26.5 Å². The number of nitriles is 1. The fourth-order valence-electron chi connectivity index (χ4n) is 2.27. The van der Waals surface area contributed by atoms with Crippen LogP contribution in [-0.4, -0.2) is 25.2 Å². The van der Waals surface area contributed by atoms with Gasteiger partial charge in [-0.2, -0.15) is 5.26 Å². The Balaban J connectivity index is 2.37. The number of anilines is 1. The fourth-order valence-corrected chi connectivity index (χ4v) is 2.88. The van der Waals surface area contributed by atoms with Crippen LogP contribution >= 0.6 is 27.5 Å². The molecule has 0 unspecified atom stereocenters. The van der Waals surface area contributed by atoms with Gasteiger partial charge in [0.05, 0.1) is 24.4 Å². The van der Waals surface area contributed by atoms with Gasteiger partial charge in [0.25, 0.3) is 5.91 Å². The Morgan fingerprint density at radius 3 is 2.52 bits per heavy atom. The summed E-state index contributed by atoms with van der Waals surface area (Å²) < 4.78 is 10.7. The summed E-state index contributed by atoms with van der Waals surface area (Å²) in [5, 5.41) is 22.4. The molecule has 0 saturated heterocycles. The maximum atomic E-state index is 12.5. The number of halogens is 2. The third-order valence-electron chi connectivity index (χ3n) is 3.68. The van der Waals surface area contributed by atoms with Crippen molar-refractivity contribution in [2.24, 2.45) is 0 Å². The number of rotatable bonds is 5. The molecule has 2 aromatic rings. The first-order valence-corrected chi connectivity index (χ1v) is 8.81. The number of amides is 1. The second kappa shape index (κ2) is 8.80. The molecule has 2 N–H and O–H groups in total. The average molecular weight is 452 g/mol. The van der Waals surface area contributed by atoms with Crippen molar-refractivity contribution >= 4 is 45.2 Å². The number of hydrogen-bond acceptors (Lipinski definition) is 5. The lowest BCUT2D eigenvalue weighted by atomic mass is 10.1. The van der Waals surface area contributed by atoms with Gasteiger partial charge in [0.2, 0.25) is 0 Å². The first-order chi connectivity index (χ1) is 12.8. The predicted octanol–water partition coefficient (Wildman–Crippen LogP) is 4.68. The Hall–Kier alpha value is -2.69. The highest BCUT2D eigenvalue weighted by Crippen LogP contribution is 2.36. The quantitative estimate of drug-likeness (QED) is 0.509. The number of phenolic OH excluding ortho intramolecular Hbond substituents is 1. The van der Waals surface area contributed by atoms with E-state index in [1.165, 1.54) is 26.4 Å². The number of ether oxygens (including phenoxy) is 2. The van der Waals surface area contributed by atoms with Crippen molar-refractivity contribution in [1.82, 2.24) is 0 Å². The van der Waals surface area contributed by atoms with Gasteiger partial charge in [-0.15, -0.1) is 0 Å². The number of benzene rings is 2. The zero-order valence-electron chi connectivity index (χ0n) is 14.8. The van der Waals surface area contributed by atoms with Crippen LogP contribution in [0.5, 0.6) is 17.2 Å². The number of aromatic hydroxyl groups is 1. The summed E-state index contributed by atoms with van der Waals surface area (Å²) in [4.78, 5) is 12.5. The first kappa shape index (κ1) is 20.6. The van der Waals surface area contributed by atoms with Crippen molar-refractivity contribution in [3.63, 3.8) is 0 Å². The smallest absolute Gasteiger partial charge is 0.266 e. The predicted molar refractivity (Wildman–Crippen MR) is 107 cm³/mol. The van der Waals surface area contributed by atoms with E-state index in [0.717, 1.165) is 5.56 Å². The molecule has 140 valence electrons. The first-order valence-electron chi connectivity index (χ1n) is 7.64. The van der Waals surface area contributed by atoms with E-state index in [-0.39, 0.29) is 17.1 Å². The minimum absolute atomic E-state index is 0.0704. The maximum Gasteiger partial charge on any atom is 0.266 e. The molecule has 0 saturated carbocycles. The van der Waals surface area contributed by atoms with E-state index in [1.54, 1.807) is 25.1 Å². The van der Waals surface area contributed by atoms with Crippen LogP contribution < -0.4 is 14.8 Å². The summed E-state index contributed by atoms with van der Waals surface area (Å²) in [6, 6.07) is 8.19. The van der Waals surface area contributed by atoms with Gasteiger partial charge in [0, 0.05) is 11.1 Å². The zero-order chi connectivity index (χ0) is 20.1. The molecule has 1 amide bonds. The number of carbonyl (C=O) groups excluding carboxylic acids is 1. The topological polar surface area (TPSA) is 91.6 Å². The Bertz CT molecular complexity index is 967. The molecule has 8 heteroatoms. The van der Waals surface area contributed by atoms with Crippen LogP contribution in [0.2, 0.25) is 5.02 Å². The largest absolute Gasteiger partial charge is 0.503 e. The zero-order valence-corrected chi connectivity index (χ0v) is 17.1. The Morgan fingerprint density at radius 1 is 1.26 bits per heavy atom. The van der Waals surface area contributed by atoms with Crippen LogP contribution in [0.25, 0.3) is 6.08 Å². The molecule has 0 radical (unpaired) electrons. The molecule has 0 aromatic heterocycles. The van der Waals surface area contributed by atoms with E-state index in [2.05, 4.69) is 21.2 Å². The molecule has 0 aliphatic carbocycles. The van der Waals surface area contributed by atoms with E-state index in [4.69, 9.17) is 21.1 Å². The molecule has 0 fully saturated rings. The van der Waals surface area contributed by atoms with Crippen molar-refractivity contribution < 1.29 is 19.4 Å². The fraction of sp³-hybridized carbons (Fsp3) is 0.158. The summed E-state index contributed by atoms with van der Waals surface area (Å²) in [5.41, 5.74) is 1.52. The lowest BCUT2D eigenvalue weighted by Gasteiger charge is -2.12. The molecular weight excluding hydrogens is 436 g/mol. The highest BCUT2D eigenvalue weighted by molar-refractivity contribution is 9.10. The molecule has 0 aliphatic rings. The van der Waals surface area contributed by atoms with Crippen molar-refractivity contribution in [2.75, 3.05) is 19.5 Å². The summed E-state index contributed by atoms with van der Waals surface area (Å²) in [5.74, 6) is -0.0896. The average Bonchev–Trinajstić information content (AvgIpc) is 2.64. The maximum absolute atomic E-state index is 12.5. The van der Waals surface area contributed by atoms with Gasteiger partial charge in [-0.3, -0.25) is 4.79 Å². The van der Waals surface area contributed by atoms with Crippen molar-refractivity contribution in [1.29, 1.82) is 5.26 Å². The van der Waals surface area contributed by atoms with Gasteiger partial charge >= 0.3 is 0 Å². The standard InChI is InChI=1S/C19H16BrClN2O4/c1-10-4-15(16(26-2)8-14(10)21)23-19(25)12(9-22)5-11-6-13(20)18(24)17(7-11)27-3/h4-8,24H,1-3H3,(H,23,25)/b12-5+. The summed E-state index contributed by atoms with van der Waals surface area (Å²) in [6.07, 6.45) is 1.39. The number of nitrogens with one attached hydrogen (secondary N) is 1. The molecule has 0 heterocycles. The summed E-state index contributed by atoms with van der Waals surface area (Å²) in [6.45, 7) is 1.79. The minimum Gasteiger partial charge on any atom is -0.503 e. The van der Waals surface area contributed by atoms with Crippen molar-refractivity contribution in [3.05, 3.63) is 50.5 Å². The highest BCUT2D eigenvalue weighted by Gasteiger charge is 2.15. The third-order valence-corrected chi connectivity index (χ3v) is 4.69. The second-order valence-corrected chi connectivity index (χ2v) is 6.74. The number of phenols is 1. The Kier molecular flexibility index (Phi) is 6.72. The van der Waals surface area contributed by atoms with Crippen LogP contribution in [0.1, 0.15) is 11.1 Å². The second-order valence-electron chi connectivity index (χ2n) is 5.48.